The van der Waals surface area contributed by atoms with E-state index in [4.69, 9.17) is 9.47 Å². The highest BCUT2D eigenvalue weighted by Crippen LogP contribution is 2.37. The monoisotopic (exact) mass is 586 g/mol. The van der Waals surface area contributed by atoms with Crippen molar-refractivity contribution in [2.24, 2.45) is 5.92 Å². The number of ether oxygens (including phenoxy) is 2. The number of amides is 2. The molecule has 1 unspecified atom stereocenters. The first-order chi connectivity index (χ1) is 19.5. The Balaban J connectivity index is 1.78. The highest BCUT2D eigenvalue weighted by atomic mass is 32.2. The van der Waals surface area contributed by atoms with Crippen molar-refractivity contribution in [2.75, 3.05) is 33.5 Å². The smallest absolute Gasteiger partial charge is 0.245 e. The minimum absolute atomic E-state index is 0.00272. The Morgan fingerprint density at radius 2 is 1.83 bits per heavy atom. The molecule has 1 heterocycles. The number of fused-ring (bicyclic) bond motifs is 1. The number of carbonyl (C=O) groups excluding carboxylic acids is 2. The molecule has 1 atom stereocenters. The van der Waals surface area contributed by atoms with Gasteiger partial charge in [0.1, 0.15) is 5.72 Å². The van der Waals surface area contributed by atoms with E-state index in [9.17, 15) is 23.1 Å². The van der Waals surface area contributed by atoms with Gasteiger partial charge in [0.15, 0.2) is 11.5 Å². The van der Waals surface area contributed by atoms with Gasteiger partial charge < -0.3 is 25.2 Å². The molecule has 1 aliphatic heterocycles. The van der Waals surface area contributed by atoms with Crippen LogP contribution in [0.4, 0.5) is 0 Å². The SMILES string of the molecule is CNCC(=O)NC#CCCC(=O)NCCC(O)(Cc1ccccc1)N(CC(C)C)S(=O)(=O)c1ccc2c(c1)OCO2. The van der Waals surface area contributed by atoms with Crippen LogP contribution in [0.25, 0.3) is 0 Å². The normalized spacial score (nSPS) is 13.8. The number of hydrogen-bond acceptors (Lipinski definition) is 8. The van der Waals surface area contributed by atoms with Crippen molar-refractivity contribution in [3.05, 3.63) is 54.1 Å². The summed E-state index contributed by atoms with van der Waals surface area (Å²) < 4.78 is 39.9. The van der Waals surface area contributed by atoms with Crippen molar-refractivity contribution < 1.29 is 32.6 Å². The van der Waals surface area contributed by atoms with Gasteiger partial charge in [0, 0.05) is 50.9 Å². The Bertz CT molecular complexity index is 1360. The molecule has 0 fully saturated rings. The van der Waals surface area contributed by atoms with E-state index in [1.165, 1.54) is 18.2 Å². The molecule has 2 aromatic rings. The fourth-order valence-corrected chi connectivity index (χ4v) is 6.11. The summed E-state index contributed by atoms with van der Waals surface area (Å²) in [5.41, 5.74) is -1.11. The Labute approximate surface area is 241 Å². The lowest BCUT2D eigenvalue weighted by Gasteiger charge is -2.40. The Morgan fingerprint density at radius 1 is 1.10 bits per heavy atom. The topological polar surface area (TPSA) is 146 Å². The quantitative estimate of drug-likeness (QED) is 0.148. The molecule has 41 heavy (non-hydrogen) atoms. The number of likely N-dealkylation sites (N-methyl/N-ethyl adjacent to an activating group) is 1. The third-order valence-corrected chi connectivity index (χ3v) is 8.13. The molecule has 2 aromatic carbocycles. The summed E-state index contributed by atoms with van der Waals surface area (Å²) >= 11 is 0. The van der Waals surface area contributed by atoms with E-state index in [0.29, 0.717) is 11.5 Å². The van der Waals surface area contributed by atoms with Crippen molar-refractivity contribution in [2.45, 2.75) is 50.2 Å². The van der Waals surface area contributed by atoms with E-state index >= 15 is 0 Å². The van der Waals surface area contributed by atoms with Crippen LogP contribution in [0.2, 0.25) is 0 Å². The van der Waals surface area contributed by atoms with Gasteiger partial charge in [-0.15, -0.1) is 0 Å². The second-order valence-corrected chi connectivity index (χ2v) is 11.9. The first-order valence-corrected chi connectivity index (χ1v) is 14.9. The van der Waals surface area contributed by atoms with Gasteiger partial charge >= 0.3 is 0 Å². The Hall–Kier alpha value is -3.63. The third kappa shape index (κ3) is 9.19. The van der Waals surface area contributed by atoms with Gasteiger partial charge in [-0.2, -0.15) is 4.31 Å². The largest absolute Gasteiger partial charge is 0.454 e. The van der Waals surface area contributed by atoms with Crippen molar-refractivity contribution >= 4 is 21.8 Å². The standard InChI is InChI=1S/C29H38N4O7S/c1-22(2)20-33(41(37,38)24-12-13-25-26(17-24)40-21-39-25)29(36,18-23-9-5-4-6-10-23)14-16-32-27(34)11-7-8-15-31-28(35)19-30-3/h4-6,9-10,12-13,17,22,30,36H,7,11,14,16,18-21H2,1-3H3,(H,31,35)(H,32,34). The summed E-state index contributed by atoms with van der Waals surface area (Å²) in [6.45, 7) is 3.95. The fourth-order valence-electron chi connectivity index (χ4n) is 4.26. The number of benzene rings is 2. The molecule has 0 saturated carbocycles. The summed E-state index contributed by atoms with van der Waals surface area (Å²) in [6.07, 6.45) is 0.253. The molecule has 0 aliphatic carbocycles. The maximum atomic E-state index is 14.0. The molecule has 222 valence electrons. The highest BCUT2D eigenvalue weighted by molar-refractivity contribution is 7.89. The number of aliphatic hydroxyl groups is 1. The van der Waals surface area contributed by atoms with E-state index in [2.05, 4.69) is 27.9 Å². The minimum Gasteiger partial charge on any atom is -0.454 e. The first kappa shape index (κ1) is 31.9. The molecular formula is C29H38N4O7S. The minimum atomic E-state index is -4.20. The summed E-state index contributed by atoms with van der Waals surface area (Å²) in [6, 6.07) is 16.0. The van der Waals surface area contributed by atoms with E-state index in [-0.39, 0.29) is 74.7 Å². The first-order valence-electron chi connectivity index (χ1n) is 13.4. The summed E-state index contributed by atoms with van der Waals surface area (Å²) in [7, 11) is -2.55. The number of nitrogens with zero attached hydrogens (tertiary/aromatic N) is 1. The van der Waals surface area contributed by atoms with E-state index in [1.807, 2.05) is 44.2 Å². The van der Waals surface area contributed by atoms with Gasteiger partial charge in [-0.05, 0) is 30.7 Å². The van der Waals surface area contributed by atoms with Crippen molar-refractivity contribution in [3.63, 3.8) is 0 Å². The number of hydrogen-bond donors (Lipinski definition) is 4. The van der Waals surface area contributed by atoms with Crippen molar-refractivity contribution in [3.8, 4) is 23.5 Å². The predicted molar refractivity (Wildman–Crippen MR) is 153 cm³/mol. The third-order valence-electron chi connectivity index (χ3n) is 6.21. The molecular weight excluding hydrogens is 548 g/mol. The lowest BCUT2D eigenvalue weighted by Crippen LogP contribution is -2.55. The highest BCUT2D eigenvalue weighted by Gasteiger charge is 2.43. The van der Waals surface area contributed by atoms with Crippen molar-refractivity contribution in [1.82, 2.24) is 20.3 Å². The number of sulfonamides is 1. The van der Waals surface area contributed by atoms with E-state index < -0.39 is 15.7 Å². The Kier molecular flexibility index (Phi) is 11.5. The molecule has 1 aliphatic rings. The number of rotatable bonds is 14. The van der Waals surface area contributed by atoms with Gasteiger partial charge in [0.25, 0.3) is 0 Å². The van der Waals surface area contributed by atoms with Gasteiger partial charge in [-0.1, -0.05) is 50.1 Å². The Morgan fingerprint density at radius 3 is 2.54 bits per heavy atom. The number of carbonyl (C=O) groups is 2. The molecule has 0 spiro atoms. The molecule has 3 rings (SSSR count). The zero-order chi connectivity index (χ0) is 29.9. The van der Waals surface area contributed by atoms with Crippen LogP contribution in [0.15, 0.2) is 53.4 Å². The zero-order valence-electron chi connectivity index (χ0n) is 23.6. The van der Waals surface area contributed by atoms with Crippen LogP contribution in [0.1, 0.15) is 38.7 Å². The van der Waals surface area contributed by atoms with Gasteiger partial charge in [-0.3, -0.25) is 14.9 Å². The molecule has 11 nitrogen and oxygen atoms in total. The maximum Gasteiger partial charge on any atom is 0.245 e. The molecule has 0 radical (unpaired) electrons. The zero-order valence-corrected chi connectivity index (χ0v) is 24.4. The second-order valence-electron chi connectivity index (χ2n) is 10.1. The van der Waals surface area contributed by atoms with Crippen LogP contribution >= 0.6 is 0 Å². The van der Waals surface area contributed by atoms with Gasteiger partial charge in [-0.25, -0.2) is 8.42 Å². The lowest BCUT2D eigenvalue weighted by atomic mass is 9.98. The average molecular weight is 587 g/mol. The van der Waals surface area contributed by atoms with Crippen molar-refractivity contribution in [1.29, 1.82) is 0 Å². The van der Waals surface area contributed by atoms with Gasteiger partial charge in [0.05, 0.1) is 11.4 Å². The summed E-state index contributed by atoms with van der Waals surface area (Å²) in [4.78, 5) is 23.8. The molecule has 0 aromatic heterocycles. The average Bonchev–Trinajstić information content (AvgIpc) is 3.40. The van der Waals surface area contributed by atoms with E-state index in [0.717, 1.165) is 9.87 Å². The van der Waals surface area contributed by atoms with Crippen LogP contribution in [-0.2, 0) is 26.0 Å². The number of nitrogens with one attached hydrogen (secondary N) is 3. The summed E-state index contributed by atoms with van der Waals surface area (Å²) in [5, 5.41) is 20.0. The van der Waals surface area contributed by atoms with Crippen LogP contribution < -0.4 is 25.4 Å². The second kappa shape index (κ2) is 14.8. The van der Waals surface area contributed by atoms with Crippen LogP contribution in [0.5, 0.6) is 11.5 Å². The summed E-state index contributed by atoms with van der Waals surface area (Å²) in [5.74, 6) is 2.79. The molecule has 0 saturated heterocycles. The molecule has 12 heteroatoms. The van der Waals surface area contributed by atoms with Crippen LogP contribution in [-0.4, -0.2) is 68.8 Å². The van der Waals surface area contributed by atoms with Gasteiger partial charge in [0.2, 0.25) is 28.6 Å². The van der Waals surface area contributed by atoms with E-state index in [1.54, 1.807) is 7.05 Å². The molecule has 0 bridgehead atoms. The predicted octanol–water partition coefficient (Wildman–Crippen LogP) is 1.58. The van der Waals surface area contributed by atoms with Crippen LogP contribution in [0, 0.1) is 17.9 Å². The molecule has 2 amide bonds. The maximum absolute atomic E-state index is 14.0. The fraction of sp³-hybridized carbons (Fsp3) is 0.448. The molecule has 4 N–H and O–H groups in total. The lowest BCUT2D eigenvalue weighted by molar-refractivity contribution is -0.121. The van der Waals surface area contributed by atoms with Crippen LogP contribution in [0.3, 0.4) is 0 Å².